The lowest BCUT2D eigenvalue weighted by molar-refractivity contribution is 0.106. The predicted molar refractivity (Wildman–Crippen MR) is 137 cm³/mol. The molecule has 170 valence electrons. The number of pyridine rings is 1. The first-order valence-corrected chi connectivity index (χ1v) is 13.1. The third kappa shape index (κ3) is 4.94. The van der Waals surface area contributed by atoms with E-state index in [2.05, 4.69) is 36.3 Å². The average molecular weight is 557 g/mol. The first kappa shape index (κ1) is 22.1. The van der Waals surface area contributed by atoms with Crippen LogP contribution in [0.4, 0.5) is 5.82 Å². The first-order valence-electron chi connectivity index (χ1n) is 10.8. The Morgan fingerprint density at radius 1 is 1.30 bits per heavy atom. The van der Waals surface area contributed by atoms with Gasteiger partial charge in [-0.1, -0.05) is 20.7 Å². The molecule has 1 saturated carbocycles. The van der Waals surface area contributed by atoms with Gasteiger partial charge in [-0.15, -0.1) is 0 Å². The van der Waals surface area contributed by atoms with Gasteiger partial charge in [0.15, 0.2) is 5.82 Å². The molecule has 0 aromatic carbocycles. The number of hydrogen-bond donors (Lipinski definition) is 2. The van der Waals surface area contributed by atoms with Gasteiger partial charge in [0.2, 0.25) is 5.78 Å². The molecule has 5 rings (SSSR count). The lowest BCUT2D eigenvalue weighted by Crippen LogP contribution is -2.21. The third-order valence-corrected chi connectivity index (χ3v) is 8.00. The van der Waals surface area contributed by atoms with E-state index in [1.54, 1.807) is 25.7 Å². The number of aromatic amines is 1. The van der Waals surface area contributed by atoms with Crippen molar-refractivity contribution in [2.45, 2.75) is 37.8 Å². The molecule has 9 heteroatoms. The number of H-pyrrole nitrogens is 1. The SMILES string of the molecule is COC1=IC=CC(c2cc3cnc(N=CC(=O)c4cnn(C5CCC(O)CC5)c4)cc3[nH]2)=C1. The normalized spacial score (nSPS) is 21.2. The highest BCUT2D eigenvalue weighted by molar-refractivity contribution is 14.2. The number of carbonyl (C=O) groups is 1. The van der Waals surface area contributed by atoms with E-state index in [1.165, 1.54) is 6.21 Å². The molecule has 0 radical (unpaired) electrons. The molecule has 0 saturated heterocycles. The summed E-state index contributed by atoms with van der Waals surface area (Å²) >= 11 is -0.192. The fraction of sp³-hybridized carbons (Fsp3) is 0.292. The molecule has 0 bridgehead atoms. The van der Waals surface area contributed by atoms with Crippen LogP contribution >= 0.6 is 20.7 Å². The predicted octanol–water partition coefficient (Wildman–Crippen LogP) is 4.48. The molecular weight excluding hydrogens is 533 g/mol. The molecule has 0 amide bonds. The van der Waals surface area contributed by atoms with Crippen LogP contribution in [-0.2, 0) is 4.74 Å². The van der Waals surface area contributed by atoms with Crippen molar-refractivity contribution >= 4 is 58.7 Å². The first-order chi connectivity index (χ1) is 16.1. The molecule has 3 aromatic rings. The smallest absolute Gasteiger partial charge is 0.207 e. The van der Waals surface area contributed by atoms with Crippen molar-refractivity contribution in [3.63, 3.8) is 0 Å². The fourth-order valence-corrected chi connectivity index (χ4v) is 5.75. The van der Waals surface area contributed by atoms with Gasteiger partial charge in [-0.3, -0.25) is 9.48 Å². The van der Waals surface area contributed by atoms with E-state index in [0.29, 0.717) is 11.4 Å². The van der Waals surface area contributed by atoms with E-state index in [1.807, 2.05) is 16.8 Å². The van der Waals surface area contributed by atoms with Crippen molar-refractivity contribution in [2.75, 3.05) is 7.11 Å². The number of halogens is 1. The molecule has 4 heterocycles. The molecule has 33 heavy (non-hydrogen) atoms. The second-order valence-corrected chi connectivity index (χ2v) is 10.5. The molecule has 0 atom stereocenters. The minimum absolute atomic E-state index is 0.192. The van der Waals surface area contributed by atoms with Gasteiger partial charge >= 0.3 is 0 Å². The monoisotopic (exact) mass is 557 g/mol. The molecule has 2 aliphatic rings. The number of hydrogen-bond acceptors (Lipinski definition) is 6. The second kappa shape index (κ2) is 9.62. The number of allylic oxidation sites excluding steroid dienone is 2. The van der Waals surface area contributed by atoms with Gasteiger partial charge in [0.25, 0.3) is 0 Å². The zero-order valence-corrected chi connectivity index (χ0v) is 20.3. The topological polar surface area (TPSA) is 105 Å². The summed E-state index contributed by atoms with van der Waals surface area (Å²) in [5.74, 6) is 0.246. The highest BCUT2D eigenvalue weighted by Crippen LogP contribution is 2.29. The molecule has 1 aliphatic carbocycles. The Bertz CT molecular complexity index is 1310. The van der Waals surface area contributed by atoms with E-state index in [4.69, 9.17) is 4.74 Å². The van der Waals surface area contributed by atoms with Crippen LogP contribution < -0.4 is 0 Å². The second-order valence-electron chi connectivity index (χ2n) is 8.12. The van der Waals surface area contributed by atoms with Crippen LogP contribution in [0.3, 0.4) is 0 Å². The van der Waals surface area contributed by atoms with Crippen LogP contribution in [0.15, 0.2) is 52.0 Å². The Labute approximate surface area is 200 Å². The maximum Gasteiger partial charge on any atom is 0.207 e. The number of Topliss-reactive ketones (excluding diaryl/α,β-unsaturated/α-hetero) is 1. The van der Waals surface area contributed by atoms with Crippen molar-refractivity contribution < 1.29 is 14.6 Å². The van der Waals surface area contributed by atoms with E-state index in [0.717, 1.165) is 51.5 Å². The molecule has 3 aromatic heterocycles. The number of aliphatic imine (C=N–C) groups is 1. The molecule has 1 fully saturated rings. The summed E-state index contributed by atoms with van der Waals surface area (Å²) in [4.78, 5) is 24.7. The summed E-state index contributed by atoms with van der Waals surface area (Å²) in [6, 6.07) is 4.11. The minimum atomic E-state index is -0.219. The van der Waals surface area contributed by atoms with E-state index < -0.39 is 0 Å². The Morgan fingerprint density at radius 3 is 2.97 bits per heavy atom. The van der Waals surface area contributed by atoms with E-state index >= 15 is 0 Å². The van der Waals surface area contributed by atoms with Crippen LogP contribution in [0, 0.1) is 0 Å². The highest BCUT2D eigenvalue weighted by Gasteiger charge is 2.22. The number of aliphatic hydroxyl groups is 1. The van der Waals surface area contributed by atoms with Crippen molar-refractivity contribution in [1.29, 1.82) is 0 Å². The number of carbonyl (C=O) groups excluding carboxylic acids is 1. The van der Waals surface area contributed by atoms with Crippen LogP contribution in [0.25, 0.3) is 16.5 Å². The Morgan fingerprint density at radius 2 is 2.15 bits per heavy atom. The number of fused-ring (bicyclic) bond motifs is 1. The van der Waals surface area contributed by atoms with Gasteiger partial charge in [-0.25, -0.2) is 9.98 Å². The van der Waals surface area contributed by atoms with Gasteiger partial charge in [-0.05, 0) is 48.0 Å². The standard InChI is InChI=1S/C24H24IN5O3/c1-33-23-9-15(6-7-25-23)20-8-16-11-26-24(10-21(16)29-20)27-13-22(32)17-12-28-30(14-17)18-2-4-19(31)5-3-18/h6-14,18-19,29,31H,2-5H2,1H3. The lowest BCUT2D eigenvalue weighted by atomic mass is 9.93. The Hall–Kier alpha value is -2.76. The van der Waals surface area contributed by atoms with E-state index in [9.17, 15) is 9.90 Å². The van der Waals surface area contributed by atoms with Gasteiger partial charge < -0.3 is 14.8 Å². The van der Waals surface area contributed by atoms with Gasteiger partial charge in [-0.2, -0.15) is 5.10 Å². The summed E-state index contributed by atoms with van der Waals surface area (Å²) < 4.78 is 10.4. The summed E-state index contributed by atoms with van der Waals surface area (Å²) in [6.45, 7) is 0. The fourth-order valence-electron chi connectivity index (χ4n) is 4.06. The number of rotatable bonds is 6. The molecule has 0 unspecified atom stereocenters. The molecule has 0 spiro atoms. The molecule has 2 N–H and O–H groups in total. The molecule has 1 aliphatic heterocycles. The number of ether oxygens (including phenoxy) is 1. The van der Waals surface area contributed by atoms with Crippen LogP contribution in [0.5, 0.6) is 0 Å². The van der Waals surface area contributed by atoms with E-state index in [-0.39, 0.29) is 38.7 Å². The quantitative estimate of drug-likeness (QED) is 0.264. The number of methoxy groups -OCH3 is 1. The Kier molecular flexibility index (Phi) is 6.43. The van der Waals surface area contributed by atoms with Crippen molar-refractivity contribution in [1.82, 2.24) is 19.7 Å². The highest BCUT2D eigenvalue weighted by atomic mass is 127. The van der Waals surface area contributed by atoms with Crippen molar-refractivity contribution in [2.24, 2.45) is 4.99 Å². The zero-order chi connectivity index (χ0) is 22.8. The minimum Gasteiger partial charge on any atom is -0.393 e. The van der Waals surface area contributed by atoms with Gasteiger partial charge in [0.1, 0.15) is 3.69 Å². The van der Waals surface area contributed by atoms with Crippen LogP contribution in [-0.4, -0.2) is 53.8 Å². The van der Waals surface area contributed by atoms with Gasteiger partial charge in [0.05, 0.1) is 35.6 Å². The summed E-state index contributed by atoms with van der Waals surface area (Å²) in [5.41, 5.74) is 3.46. The summed E-state index contributed by atoms with van der Waals surface area (Å²) in [6.07, 6.45) is 13.6. The van der Waals surface area contributed by atoms with Crippen LogP contribution in [0.1, 0.15) is 47.8 Å². The lowest BCUT2D eigenvalue weighted by Gasteiger charge is -2.25. The van der Waals surface area contributed by atoms with Gasteiger partial charge in [0, 0.05) is 42.2 Å². The Balaban J connectivity index is 1.29. The number of ketones is 1. The zero-order valence-electron chi connectivity index (χ0n) is 18.1. The van der Waals surface area contributed by atoms with Crippen LogP contribution in [0.2, 0.25) is 0 Å². The third-order valence-electron chi connectivity index (χ3n) is 5.92. The summed E-state index contributed by atoms with van der Waals surface area (Å²) in [5, 5.41) is 15.0. The molecule has 8 nitrogen and oxygen atoms in total. The number of nitrogens with one attached hydrogen (secondary N) is 1. The molecular formula is C24H24IN5O3. The van der Waals surface area contributed by atoms with Crippen molar-refractivity contribution in [3.05, 3.63) is 58.2 Å². The summed E-state index contributed by atoms with van der Waals surface area (Å²) in [7, 11) is 1.70. The average Bonchev–Trinajstić information content (AvgIpc) is 3.50. The number of aliphatic hydroxyl groups excluding tert-OH is 1. The number of aromatic nitrogens is 4. The van der Waals surface area contributed by atoms with Crippen molar-refractivity contribution in [3.8, 4) is 0 Å². The largest absolute Gasteiger partial charge is 0.393 e. The maximum absolute atomic E-state index is 12.6. The number of nitrogens with zero attached hydrogens (tertiary/aromatic N) is 4. The maximum atomic E-state index is 12.6.